The summed E-state index contributed by atoms with van der Waals surface area (Å²) in [6.45, 7) is 4.34. The van der Waals surface area contributed by atoms with Crippen molar-refractivity contribution in [1.82, 2.24) is 4.90 Å². The Balaban J connectivity index is 1.96. The smallest absolute Gasteiger partial charge is 0.124 e. The third-order valence-electron chi connectivity index (χ3n) is 3.77. The number of hydrogen-bond donors (Lipinski definition) is 1. The summed E-state index contributed by atoms with van der Waals surface area (Å²) >= 11 is 0. The van der Waals surface area contributed by atoms with E-state index in [9.17, 15) is 5.11 Å². The fourth-order valence-electron chi connectivity index (χ4n) is 2.72. The Labute approximate surface area is 121 Å². The van der Waals surface area contributed by atoms with E-state index >= 15 is 0 Å². The van der Waals surface area contributed by atoms with Crippen LogP contribution in [0.15, 0.2) is 18.2 Å². The second-order valence-corrected chi connectivity index (χ2v) is 5.62. The van der Waals surface area contributed by atoms with Crippen LogP contribution >= 0.6 is 0 Å². The summed E-state index contributed by atoms with van der Waals surface area (Å²) < 4.78 is 11.0. The first-order valence-electron chi connectivity index (χ1n) is 7.23. The molecule has 0 aliphatic carbocycles. The maximum Gasteiger partial charge on any atom is 0.124 e. The Kier molecular flexibility index (Phi) is 5.40. The van der Waals surface area contributed by atoms with Crippen LogP contribution in [0.4, 0.5) is 0 Å². The van der Waals surface area contributed by atoms with Crippen LogP contribution in [-0.2, 0) is 4.74 Å². The summed E-state index contributed by atoms with van der Waals surface area (Å²) in [4.78, 5) is 2.13. The minimum atomic E-state index is -0.545. The number of nitrogens with zero attached hydrogens (tertiary/aromatic N) is 1. The van der Waals surface area contributed by atoms with Crippen LogP contribution in [0.1, 0.15) is 30.1 Å². The van der Waals surface area contributed by atoms with Crippen molar-refractivity contribution in [3.63, 3.8) is 0 Å². The molecule has 1 saturated heterocycles. The Morgan fingerprint density at radius 3 is 2.95 bits per heavy atom. The maximum atomic E-state index is 10.4. The zero-order valence-corrected chi connectivity index (χ0v) is 12.6. The van der Waals surface area contributed by atoms with E-state index in [-0.39, 0.29) is 0 Å². The second-order valence-electron chi connectivity index (χ2n) is 5.62. The molecule has 1 aliphatic heterocycles. The van der Waals surface area contributed by atoms with Crippen LogP contribution < -0.4 is 4.74 Å². The van der Waals surface area contributed by atoms with Crippen molar-refractivity contribution in [2.75, 3.05) is 33.9 Å². The van der Waals surface area contributed by atoms with Gasteiger partial charge in [0.05, 0.1) is 19.3 Å². The molecule has 1 heterocycles. The van der Waals surface area contributed by atoms with E-state index in [0.29, 0.717) is 12.6 Å². The predicted molar refractivity (Wildman–Crippen MR) is 79.2 cm³/mol. The summed E-state index contributed by atoms with van der Waals surface area (Å²) in [7, 11) is 3.66. The van der Waals surface area contributed by atoms with Gasteiger partial charge in [-0.05, 0) is 38.9 Å². The number of methoxy groups -OCH3 is 1. The van der Waals surface area contributed by atoms with Crippen LogP contribution in [0.25, 0.3) is 0 Å². The molecule has 2 atom stereocenters. The van der Waals surface area contributed by atoms with E-state index in [1.165, 1.54) is 0 Å². The van der Waals surface area contributed by atoms with Crippen molar-refractivity contribution in [3.05, 3.63) is 29.3 Å². The molecule has 2 unspecified atom stereocenters. The second kappa shape index (κ2) is 7.07. The minimum Gasteiger partial charge on any atom is -0.496 e. The largest absolute Gasteiger partial charge is 0.496 e. The summed E-state index contributed by atoms with van der Waals surface area (Å²) in [5.41, 5.74) is 1.98. The van der Waals surface area contributed by atoms with E-state index in [2.05, 4.69) is 4.90 Å². The van der Waals surface area contributed by atoms with Gasteiger partial charge in [0.1, 0.15) is 5.75 Å². The molecule has 20 heavy (non-hydrogen) atoms. The van der Waals surface area contributed by atoms with Crippen LogP contribution in [0.2, 0.25) is 0 Å². The molecule has 0 aromatic heterocycles. The Hall–Kier alpha value is -1.10. The molecular formula is C16H25NO3. The normalized spacial score (nSPS) is 20.4. The number of benzene rings is 1. The number of rotatable bonds is 6. The molecule has 1 aliphatic rings. The summed E-state index contributed by atoms with van der Waals surface area (Å²) in [5, 5.41) is 10.4. The molecule has 0 radical (unpaired) electrons. The first kappa shape index (κ1) is 15.3. The average molecular weight is 279 g/mol. The molecule has 0 bridgehead atoms. The molecule has 2 rings (SSSR count). The number of likely N-dealkylation sites (N-methyl/N-ethyl adjacent to an activating group) is 1. The molecule has 1 N–H and O–H groups in total. The first-order valence-corrected chi connectivity index (χ1v) is 7.23. The standard InChI is InChI=1S/C16H25NO3/c1-12-6-7-16(19-3)14(9-12)15(18)11-17(2)10-13-5-4-8-20-13/h6-7,9,13,15,18H,4-5,8,10-11H2,1-3H3. The molecular weight excluding hydrogens is 254 g/mol. The van der Waals surface area contributed by atoms with Crippen LogP contribution in [0.5, 0.6) is 5.75 Å². The summed E-state index contributed by atoms with van der Waals surface area (Å²) in [5.74, 6) is 0.744. The van der Waals surface area contributed by atoms with Crippen molar-refractivity contribution in [2.24, 2.45) is 0 Å². The van der Waals surface area contributed by atoms with Gasteiger partial charge in [-0.3, -0.25) is 0 Å². The van der Waals surface area contributed by atoms with Gasteiger partial charge >= 0.3 is 0 Å². The number of aliphatic hydroxyl groups is 1. The van der Waals surface area contributed by atoms with Crippen molar-refractivity contribution < 1.29 is 14.6 Å². The van der Waals surface area contributed by atoms with Crippen molar-refractivity contribution in [2.45, 2.75) is 32.0 Å². The zero-order valence-electron chi connectivity index (χ0n) is 12.6. The lowest BCUT2D eigenvalue weighted by atomic mass is 10.0. The monoisotopic (exact) mass is 279 g/mol. The van der Waals surface area contributed by atoms with E-state index in [0.717, 1.165) is 42.9 Å². The van der Waals surface area contributed by atoms with Crippen molar-refractivity contribution in [3.8, 4) is 5.75 Å². The molecule has 4 heteroatoms. The van der Waals surface area contributed by atoms with Gasteiger partial charge in [-0.1, -0.05) is 11.6 Å². The highest BCUT2D eigenvalue weighted by Gasteiger charge is 2.20. The molecule has 0 saturated carbocycles. The Bertz CT molecular complexity index is 430. The summed E-state index contributed by atoms with van der Waals surface area (Å²) in [6, 6.07) is 5.89. The first-order chi connectivity index (χ1) is 9.60. The maximum absolute atomic E-state index is 10.4. The Morgan fingerprint density at radius 2 is 2.30 bits per heavy atom. The van der Waals surface area contributed by atoms with E-state index in [4.69, 9.17) is 9.47 Å². The van der Waals surface area contributed by atoms with E-state index in [1.807, 2.05) is 32.2 Å². The van der Waals surface area contributed by atoms with Gasteiger partial charge in [-0.15, -0.1) is 0 Å². The molecule has 1 fully saturated rings. The lowest BCUT2D eigenvalue weighted by Gasteiger charge is -2.24. The minimum absolute atomic E-state index is 0.312. The third kappa shape index (κ3) is 3.95. The third-order valence-corrected chi connectivity index (χ3v) is 3.77. The predicted octanol–water partition coefficient (Wildman–Crippen LogP) is 2.15. The van der Waals surface area contributed by atoms with Gasteiger partial charge in [-0.2, -0.15) is 0 Å². The van der Waals surface area contributed by atoms with Crippen LogP contribution in [-0.4, -0.2) is 50.0 Å². The molecule has 0 spiro atoms. The lowest BCUT2D eigenvalue weighted by Crippen LogP contribution is -2.32. The van der Waals surface area contributed by atoms with Gasteiger partial charge in [-0.25, -0.2) is 0 Å². The number of hydrogen-bond acceptors (Lipinski definition) is 4. The quantitative estimate of drug-likeness (QED) is 0.866. The lowest BCUT2D eigenvalue weighted by molar-refractivity contribution is 0.0596. The van der Waals surface area contributed by atoms with Gasteiger partial charge < -0.3 is 19.5 Å². The van der Waals surface area contributed by atoms with Gasteiger partial charge in [0.25, 0.3) is 0 Å². The topological polar surface area (TPSA) is 41.9 Å². The number of aryl methyl sites for hydroxylation is 1. The average Bonchev–Trinajstić information content (AvgIpc) is 2.91. The van der Waals surface area contributed by atoms with Crippen LogP contribution in [0, 0.1) is 6.92 Å². The van der Waals surface area contributed by atoms with E-state index in [1.54, 1.807) is 7.11 Å². The molecule has 0 amide bonds. The molecule has 112 valence electrons. The van der Waals surface area contributed by atoms with Crippen molar-refractivity contribution >= 4 is 0 Å². The van der Waals surface area contributed by atoms with Crippen molar-refractivity contribution in [1.29, 1.82) is 0 Å². The van der Waals surface area contributed by atoms with Crippen LogP contribution in [0.3, 0.4) is 0 Å². The number of aliphatic hydroxyl groups excluding tert-OH is 1. The van der Waals surface area contributed by atoms with Gasteiger partial charge in [0, 0.05) is 25.3 Å². The summed E-state index contributed by atoms with van der Waals surface area (Å²) in [6.07, 6.45) is 2.03. The SMILES string of the molecule is COc1ccc(C)cc1C(O)CN(C)CC1CCCO1. The highest BCUT2D eigenvalue weighted by Crippen LogP contribution is 2.27. The molecule has 1 aromatic carbocycles. The fourth-order valence-corrected chi connectivity index (χ4v) is 2.72. The highest BCUT2D eigenvalue weighted by molar-refractivity contribution is 5.38. The Morgan fingerprint density at radius 1 is 1.50 bits per heavy atom. The van der Waals surface area contributed by atoms with Gasteiger partial charge in [0.2, 0.25) is 0 Å². The number of ether oxygens (including phenoxy) is 2. The fraction of sp³-hybridized carbons (Fsp3) is 0.625. The molecule has 1 aromatic rings. The highest BCUT2D eigenvalue weighted by atomic mass is 16.5. The molecule has 4 nitrogen and oxygen atoms in total. The zero-order chi connectivity index (χ0) is 14.5. The van der Waals surface area contributed by atoms with E-state index < -0.39 is 6.10 Å². The van der Waals surface area contributed by atoms with Gasteiger partial charge in [0.15, 0.2) is 0 Å².